The highest BCUT2D eigenvalue weighted by Crippen LogP contribution is 2.32. The Morgan fingerprint density at radius 3 is 2.27 bits per heavy atom. The van der Waals surface area contributed by atoms with Crippen molar-refractivity contribution in [2.75, 3.05) is 13.6 Å². The summed E-state index contributed by atoms with van der Waals surface area (Å²) in [6.45, 7) is 3.34. The Labute approximate surface area is 127 Å². The molecule has 1 heterocycles. The van der Waals surface area contributed by atoms with Crippen LogP contribution in [0.25, 0.3) is 0 Å². The van der Waals surface area contributed by atoms with Crippen molar-refractivity contribution in [3.8, 4) is 0 Å². The van der Waals surface area contributed by atoms with Crippen LogP contribution in [0.15, 0.2) is 30.3 Å². The molecule has 124 valence electrons. The summed E-state index contributed by atoms with van der Waals surface area (Å²) in [5, 5.41) is 7.12. The van der Waals surface area contributed by atoms with E-state index in [0.717, 1.165) is 19.4 Å². The van der Waals surface area contributed by atoms with E-state index in [1.807, 2.05) is 6.07 Å². The van der Waals surface area contributed by atoms with Gasteiger partial charge in [0.1, 0.15) is 0 Å². The fourth-order valence-electron chi connectivity index (χ4n) is 2.41. The van der Waals surface area contributed by atoms with E-state index in [2.05, 4.69) is 43.1 Å². The standard InChI is InChI=1S/C13H20N2.C2HF3O2/c1-11-10-13(14,8-9-15(11)2)12-6-4-3-5-7-12;3-2(4,5)1(6)7/h3-7,11H,8-10,14H2,1-2H3;(H,6,7). The van der Waals surface area contributed by atoms with Crippen LogP contribution >= 0.6 is 0 Å². The van der Waals surface area contributed by atoms with E-state index < -0.39 is 12.1 Å². The number of nitrogens with two attached hydrogens (primary N) is 1. The van der Waals surface area contributed by atoms with Gasteiger partial charge < -0.3 is 15.7 Å². The molecule has 2 atom stereocenters. The third-order valence-corrected chi connectivity index (χ3v) is 3.91. The summed E-state index contributed by atoms with van der Waals surface area (Å²) >= 11 is 0. The maximum atomic E-state index is 10.6. The van der Waals surface area contributed by atoms with Gasteiger partial charge in [-0.25, -0.2) is 4.79 Å². The topological polar surface area (TPSA) is 66.6 Å². The molecule has 0 saturated carbocycles. The smallest absolute Gasteiger partial charge is 0.475 e. The quantitative estimate of drug-likeness (QED) is 0.835. The highest BCUT2D eigenvalue weighted by molar-refractivity contribution is 5.73. The molecule has 0 bridgehead atoms. The lowest BCUT2D eigenvalue weighted by Gasteiger charge is -2.42. The zero-order valence-corrected chi connectivity index (χ0v) is 12.6. The van der Waals surface area contributed by atoms with Crippen LogP contribution in [-0.2, 0) is 10.3 Å². The molecule has 1 fully saturated rings. The number of piperidine rings is 1. The van der Waals surface area contributed by atoms with Gasteiger partial charge in [-0.05, 0) is 32.4 Å². The summed E-state index contributed by atoms with van der Waals surface area (Å²) in [7, 11) is 2.18. The van der Waals surface area contributed by atoms with Crippen molar-refractivity contribution in [2.45, 2.75) is 37.5 Å². The second-order valence-corrected chi connectivity index (χ2v) is 5.61. The van der Waals surface area contributed by atoms with Gasteiger partial charge in [0.25, 0.3) is 0 Å². The predicted molar refractivity (Wildman–Crippen MR) is 77.3 cm³/mol. The molecule has 4 nitrogen and oxygen atoms in total. The van der Waals surface area contributed by atoms with E-state index in [-0.39, 0.29) is 5.54 Å². The zero-order valence-electron chi connectivity index (χ0n) is 12.6. The first-order valence-corrected chi connectivity index (χ1v) is 6.91. The Bertz CT molecular complexity index is 493. The number of hydrogen-bond acceptors (Lipinski definition) is 3. The third kappa shape index (κ3) is 4.99. The van der Waals surface area contributed by atoms with Crippen molar-refractivity contribution in [3.63, 3.8) is 0 Å². The van der Waals surface area contributed by atoms with Gasteiger partial charge in [-0.15, -0.1) is 0 Å². The minimum Gasteiger partial charge on any atom is -0.475 e. The average Bonchev–Trinajstić information content (AvgIpc) is 2.44. The minimum atomic E-state index is -5.08. The van der Waals surface area contributed by atoms with E-state index in [1.54, 1.807) is 0 Å². The zero-order chi connectivity index (χ0) is 17.0. The van der Waals surface area contributed by atoms with E-state index in [9.17, 15) is 13.2 Å². The molecule has 0 amide bonds. The van der Waals surface area contributed by atoms with Gasteiger partial charge in [0.2, 0.25) is 0 Å². The van der Waals surface area contributed by atoms with Crippen LogP contribution in [0.5, 0.6) is 0 Å². The summed E-state index contributed by atoms with van der Waals surface area (Å²) in [5.41, 5.74) is 7.67. The molecule has 22 heavy (non-hydrogen) atoms. The Morgan fingerprint density at radius 2 is 1.86 bits per heavy atom. The summed E-state index contributed by atoms with van der Waals surface area (Å²) in [4.78, 5) is 11.3. The number of rotatable bonds is 1. The van der Waals surface area contributed by atoms with Crippen molar-refractivity contribution >= 4 is 5.97 Å². The molecule has 7 heteroatoms. The second kappa shape index (κ2) is 7.11. The van der Waals surface area contributed by atoms with E-state index in [0.29, 0.717) is 6.04 Å². The number of aliphatic carboxylic acids is 1. The number of likely N-dealkylation sites (tertiary alicyclic amines) is 1. The minimum absolute atomic E-state index is 0.118. The Morgan fingerprint density at radius 1 is 1.36 bits per heavy atom. The van der Waals surface area contributed by atoms with Crippen LogP contribution in [0, 0.1) is 0 Å². The van der Waals surface area contributed by atoms with Crippen molar-refractivity contribution in [2.24, 2.45) is 5.73 Å². The van der Waals surface area contributed by atoms with Crippen molar-refractivity contribution in [1.29, 1.82) is 0 Å². The molecular weight excluding hydrogens is 297 g/mol. The maximum absolute atomic E-state index is 10.6. The first kappa shape index (κ1) is 18.4. The first-order chi connectivity index (χ1) is 10.1. The SMILES string of the molecule is CC1CC(N)(c2ccccc2)CCN1C.O=C(O)C(F)(F)F. The highest BCUT2D eigenvalue weighted by Gasteiger charge is 2.38. The maximum Gasteiger partial charge on any atom is 0.490 e. The molecule has 1 aromatic rings. The number of hydrogen-bond donors (Lipinski definition) is 2. The Kier molecular flexibility index (Phi) is 5.96. The van der Waals surface area contributed by atoms with Gasteiger partial charge in [-0.3, -0.25) is 0 Å². The van der Waals surface area contributed by atoms with Gasteiger partial charge in [0, 0.05) is 18.1 Å². The molecule has 0 radical (unpaired) electrons. The largest absolute Gasteiger partial charge is 0.490 e. The number of carbonyl (C=O) groups is 1. The Hall–Kier alpha value is -1.60. The predicted octanol–water partition coefficient (Wildman–Crippen LogP) is 2.59. The van der Waals surface area contributed by atoms with Crippen molar-refractivity contribution in [3.05, 3.63) is 35.9 Å². The average molecular weight is 318 g/mol. The molecule has 3 N–H and O–H groups in total. The van der Waals surface area contributed by atoms with Crippen LogP contribution in [0.3, 0.4) is 0 Å². The van der Waals surface area contributed by atoms with Gasteiger partial charge in [-0.1, -0.05) is 30.3 Å². The molecular formula is C15H21F3N2O2. The molecule has 1 aliphatic heterocycles. The molecule has 0 spiro atoms. The fourth-order valence-corrected chi connectivity index (χ4v) is 2.41. The Balaban J connectivity index is 0.000000295. The molecule has 1 aromatic carbocycles. The lowest BCUT2D eigenvalue weighted by molar-refractivity contribution is -0.192. The lowest BCUT2D eigenvalue weighted by atomic mass is 9.79. The van der Waals surface area contributed by atoms with Crippen LogP contribution in [0.1, 0.15) is 25.3 Å². The van der Waals surface area contributed by atoms with E-state index >= 15 is 0 Å². The van der Waals surface area contributed by atoms with Gasteiger partial charge in [-0.2, -0.15) is 13.2 Å². The third-order valence-electron chi connectivity index (χ3n) is 3.91. The summed E-state index contributed by atoms with van der Waals surface area (Å²) in [5.74, 6) is -2.76. The van der Waals surface area contributed by atoms with E-state index in [1.165, 1.54) is 5.56 Å². The van der Waals surface area contributed by atoms with Crippen molar-refractivity contribution in [1.82, 2.24) is 4.90 Å². The number of carboxylic acid groups (broad SMARTS) is 1. The number of carboxylic acids is 1. The summed E-state index contributed by atoms with van der Waals surface area (Å²) < 4.78 is 31.7. The monoisotopic (exact) mass is 318 g/mol. The normalized spacial score (nSPS) is 26.0. The lowest BCUT2D eigenvalue weighted by Crippen LogP contribution is -2.50. The van der Waals surface area contributed by atoms with Gasteiger partial charge in [0.05, 0.1) is 0 Å². The molecule has 2 unspecified atom stereocenters. The highest BCUT2D eigenvalue weighted by atomic mass is 19.4. The van der Waals surface area contributed by atoms with Crippen molar-refractivity contribution < 1.29 is 23.1 Å². The van der Waals surface area contributed by atoms with Gasteiger partial charge >= 0.3 is 12.1 Å². The van der Waals surface area contributed by atoms with Crippen LogP contribution in [-0.4, -0.2) is 41.8 Å². The number of alkyl halides is 3. The summed E-state index contributed by atoms with van der Waals surface area (Å²) in [6, 6.07) is 11.1. The van der Waals surface area contributed by atoms with Crippen LogP contribution in [0.2, 0.25) is 0 Å². The molecule has 1 aliphatic rings. The number of benzene rings is 1. The van der Waals surface area contributed by atoms with Gasteiger partial charge in [0.15, 0.2) is 0 Å². The fraction of sp³-hybridized carbons (Fsp3) is 0.533. The number of nitrogens with zero attached hydrogens (tertiary/aromatic N) is 1. The molecule has 1 saturated heterocycles. The van der Waals surface area contributed by atoms with Crippen LogP contribution < -0.4 is 5.73 Å². The van der Waals surface area contributed by atoms with Crippen LogP contribution in [0.4, 0.5) is 13.2 Å². The second-order valence-electron chi connectivity index (χ2n) is 5.61. The molecule has 2 rings (SSSR count). The van der Waals surface area contributed by atoms with E-state index in [4.69, 9.17) is 15.6 Å². The molecule has 0 aromatic heterocycles. The molecule has 0 aliphatic carbocycles. The number of halogens is 3. The summed E-state index contributed by atoms with van der Waals surface area (Å²) in [6.07, 6.45) is -2.98. The first-order valence-electron chi connectivity index (χ1n) is 6.91.